The van der Waals surface area contributed by atoms with Crippen molar-refractivity contribution in [1.29, 1.82) is 0 Å². The first-order chi connectivity index (χ1) is 8.45. The van der Waals surface area contributed by atoms with Crippen LogP contribution in [0.1, 0.15) is 32.4 Å². The van der Waals surface area contributed by atoms with Crippen molar-refractivity contribution in [3.63, 3.8) is 0 Å². The Balaban J connectivity index is 2.78. The Morgan fingerprint density at radius 1 is 1.33 bits per heavy atom. The third-order valence-corrected chi connectivity index (χ3v) is 3.39. The maximum absolute atomic E-state index is 11.7. The van der Waals surface area contributed by atoms with E-state index in [1.54, 1.807) is 0 Å². The van der Waals surface area contributed by atoms with Crippen LogP contribution in [0.5, 0.6) is 0 Å². The largest absolute Gasteiger partial charge is 0.468 e. The summed E-state index contributed by atoms with van der Waals surface area (Å²) in [5.41, 5.74) is 1.14. The number of carbonyl (C=O) groups is 1. The molecule has 0 heterocycles. The van der Waals surface area contributed by atoms with Gasteiger partial charge >= 0.3 is 5.97 Å². The van der Waals surface area contributed by atoms with E-state index in [1.807, 2.05) is 45.0 Å². The van der Waals surface area contributed by atoms with Gasteiger partial charge in [-0.15, -0.1) is 0 Å². The van der Waals surface area contributed by atoms with Crippen molar-refractivity contribution in [2.45, 2.75) is 32.9 Å². The summed E-state index contributed by atoms with van der Waals surface area (Å²) in [6.45, 7) is 6.05. The average Bonchev–Trinajstić information content (AvgIpc) is 2.34. The first kappa shape index (κ1) is 15.2. The number of ether oxygens (including phenoxy) is 1. The van der Waals surface area contributed by atoms with Gasteiger partial charge in [0, 0.05) is 10.5 Å². The molecular weight excluding hydrogens is 294 g/mol. The van der Waals surface area contributed by atoms with Crippen LogP contribution in [0.4, 0.5) is 0 Å². The lowest BCUT2D eigenvalue weighted by Crippen LogP contribution is -2.42. The monoisotopic (exact) mass is 313 g/mol. The summed E-state index contributed by atoms with van der Waals surface area (Å²) in [4.78, 5) is 11.7. The van der Waals surface area contributed by atoms with Gasteiger partial charge < -0.3 is 4.74 Å². The molecule has 0 aromatic heterocycles. The third kappa shape index (κ3) is 4.10. The molecule has 0 aliphatic rings. The van der Waals surface area contributed by atoms with E-state index in [9.17, 15) is 4.79 Å². The molecule has 0 radical (unpaired) electrons. The van der Waals surface area contributed by atoms with Crippen LogP contribution in [-0.4, -0.2) is 19.1 Å². The van der Waals surface area contributed by atoms with E-state index >= 15 is 0 Å². The smallest absolute Gasteiger partial charge is 0.323 e. The van der Waals surface area contributed by atoms with E-state index in [0.717, 1.165) is 10.0 Å². The minimum Gasteiger partial charge on any atom is -0.468 e. The normalized spacial score (nSPS) is 14.3. The van der Waals surface area contributed by atoms with Crippen molar-refractivity contribution in [2.75, 3.05) is 7.11 Å². The predicted molar refractivity (Wildman–Crippen MR) is 76.3 cm³/mol. The van der Waals surface area contributed by atoms with Gasteiger partial charge in [0.2, 0.25) is 0 Å². The number of hydrogen-bond donors (Lipinski definition) is 1. The molecule has 100 valence electrons. The van der Waals surface area contributed by atoms with E-state index in [1.165, 1.54) is 7.11 Å². The molecule has 0 aliphatic heterocycles. The molecular formula is C14H20BrNO2. The summed E-state index contributed by atoms with van der Waals surface area (Å²) < 4.78 is 5.86. The SMILES string of the molecule is COC(=O)[C@H](NC(C)c1cccc(Br)c1)C(C)C. The number of hydrogen-bond acceptors (Lipinski definition) is 3. The number of methoxy groups -OCH3 is 1. The first-order valence-electron chi connectivity index (χ1n) is 6.05. The molecule has 1 unspecified atom stereocenters. The molecule has 0 fully saturated rings. The molecule has 18 heavy (non-hydrogen) atoms. The predicted octanol–water partition coefficient (Wildman–Crippen LogP) is 3.30. The van der Waals surface area contributed by atoms with E-state index in [0.29, 0.717) is 0 Å². The average molecular weight is 314 g/mol. The van der Waals surface area contributed by atoms with Crippen LogP contribution in [0.15, 0.2) is 28.7 Å². The number of benzene rings is 1. The Labute approximate surface area is 117 Å². The lowest BCUT2D eigenvalue weighted by molar-refractivity contribution is -0.144. The highest BCUT2D eigenvalue weighted by Crippen LogP contribution is 2.19. The molecule has 1 aromatic carbocycles. The topological polar surface area (TPSA) is 38.3 Å². The van der Waals surface area contributed by atoms with Gasteiger partial charge in [-0.05, 0) is 30.5 Å². The van der Waals surface area contributed by atoms with Crippen LogP contribution >= 0.6 is 15.9 Å². The molecule has 0 spiro atoms. The van der Waals surface area contributed by atoms with Crippen LogP contribution in [-0.2, 0) is 9.53 Å². The first-order valence-corrected chi connectivity index (χ1v) is 6.84. The van der Waals surface area contributed by atoms with Gasteiger partial charge in [-0.3, -0.25) is 10.1 Å². The van der Waals surface area contributed by atoms with Gasteiger partial charge in [-0.1, -0.05) is 41.9 Å². The van der Waals surface area contributed by atoms with E-state index in [2.05, 4.69) is 21.2 Å². The summed E-state index contributed by atoms with van der Waals surface area (Å²) >= 11 is 3.45. The minimum absolute atomic E-state index is 0.0917. The van der Waals surface area contributed by atoms with Crippen molar-refractivity contribution in [3.8, 4) is 0 Å². The molecule has 4 heteroatoms. The van der Waals surface area contributed by atoms with E-state index in [4.69, 9.17) is 4.74 Å². The standard InChI is InChI=1S/C14H20BrNO2/c1-9(2)13(14(17)18-4)16-10(3)11-6-5-7-12(15)8-11/h5-10,13,16H,1-4H3/t10?,13-/m1/s1. The van der Waals surface area contributed by atoms with Crippen LogP contribution in [0.25, 0.3) is 0 Å². The highest BCUT2D eigenvalue weighted by Gasteiger charge is 2.24. The van der Waals surface area contributed by atoms with Gasteiger partial charge in [0.1, 0.15) is 6.04 Å². The van der Waals surface area contributed by atoms with Gasteiger partial charge in [0.15, 0.2) is 0 Å². The van der Waals surface area contributed by atoms with Crippen LogP contribution in [0.2, 0.25) is 0 Å². The van der Waals surface area contributed by atoms with E-state index < -0.39 is 0 Å². The Hall–Kier alpha value is -0.870. The number of rotatable bonds is 5. The molecule has 1 aromatic rings. The molecule has 0 saturated carbocycles. The summed E-state index contributed by atoms with van der Waals surface area (Å²) in [5, 5.41) is 3.32. The second kappa shape index (κ2) is 6.90. The number of carbonyl (C=O) groups excluding carboxylic acids is 1. The molecule has 0 aliphatic carbocycles. The van der Waals surface area contributed by atoms with Crippen molar-refractivity contribution in [2.24, 2.45) is 5.92 Å². The van der Waals surface area contributed by atoms with Crippen molar-refractivity contribution >= 4 is 21.9 Å². The van der Waals surface area contributed by atoms with Crippen molar-refractivity contribution in [1.82, 2.24) is 5.32 Å². The highest BCUT2D eigenvalue weighted by atomic mass is 79.9. The summed E-state index contributed by atoms with van der Waals surface area (Å²) in [6, 6.07) is 7.86. The number of halogens is 1. The Morgan fingerprint density at radius 2 is 2.00 bits per heavy atom. The fraction of sp³-hybridized carbons (Fsp3) is 0.500. The number of nitrogens with one attached hydrogen (secondary N) is 1. The lowest BCUT2D eigenvalue weighted by atomic mass is 10.0. The Morgan fingerprint density at radius 3 is 2.50 bits per heavy atom. The van der Waals surface area contributed by atoms with E-state index in [-0.39, 0.29) is 24.0 Å². The van der Waals surface area contributed by atoms with Gasteiger partial charge in [0.25, 0.3) is 0 Å². The zero-order chi connectivity index (χ0) is 13.7. The van der Waals surface area contributed by atoms with Crippen LogP contribution in [0.3, 0.4) is 0 Å². The maximum atomic E-state index is 11.7. The summed E-state index contributed by atoms with van der Waals surface area (Å²) in [5.74, 6) is -0.0288. The molecule has 0 saturated heterocycles. The zero-order valence-electron chi connectivity index (χ0n) is 11.2. The van der Waals surface area contributed by atoms with Gasteiger partial charge in [-0.25, -0.2) is 0 Å². The Bertz CT molecular complexity index is 407. The quantitative estimate of drug-likeness (QED) is 0.848. The maximum Gasteiger partial charge on any atom is 0.323 e. The fourth-order valence-corrected chi connectivity index (χ4v) is 2.22. The van der Waals surface area contributed by atoms with Crippen LogP contribution in [0, 0.1) is 5.92 Å². The number of esters is 1. The lowest BCUT2D eigenvalue weighted by Gasteiger charge is -2.24. The van der Waals surface area contributed by atoms with Crippen molar-refractivity contribution in [3.05, 3.63) is 34.3 Å². The zero-order valence-corrected chi connectivity index (χ0v) is 12.8. The molecule has 0 amide bonds. The molecule has 0 bridgehead atoms. The van der Waals surface area contributed by atoms with Gasteiger partial charge in [0.05, 0.1) is 7.11 Å². The molecule has 1 N–H and O–H groups in total. The van der Waals surface area contributed by atoms with Gasteiger partial charge in [-0.2, -0.15) is 0 Å². The summed E-state index contributed by atoms with van der Waals surface area (Å²) in [7, 11) is 1.42. The van der Waals surface area contributed by atoms with Crippen molar-refractivity contribution < 1.29 is 9.53 Å². The minimum atomic E-state index is -0.288. The Kier molecular flexibility index (Phi) is 5.82. The second-order valence-electron chi connectivity index (χ2n) is 4.69. The second-order valence-corrected chi connectivity index (χ2v) is 5.60. The fourth-order valence-electron chi connectivity index (χ4n) is 1.80. The highest BCUT2D eigenvalue weighted by molar-refractivity contribution is 9.10. The molecule has 2 atom stereocenters. The molecule has 3 nitrogen and oxygen atoms in total. The summed E-state index contributed by atoms with van der Waals surface area (Å²) in [6.07, 6.45) is 0. The van der Waals surface area contributed by atoms with Crippen LogP contribution < -0.4 is 5.32 Å². The molecule has 1 rings (SSSR count). The third-order valence-electron chi connectivity index (χ3n) is 2.90.